The number of phenolic OH excluding ortho intramolecular Hbond substituents is 1. The smallest absolute Gasteiger partial charge is 0.157 e. The maximum Gasteiger partial charge on any atom is 0.157 e. The number of aromatic hydroxyl groups is 1. The minimum Gasteiger partial charge on any atom is -0.508 e. The van der Waals surface area contributed by atoms with Crippen LogP contribution in [0.4, 0.5) is 0 Å². The molecule has 0 saturated heterocycles. The normalized spacial score (nSPS) is 12.0. The fourth-order valence-electron chi connectivity index (χ4n) is 1.79. The van der Waals surface area contributed by atoms with E-state index in [1.165, 1.54) is 12.1 Å². The SMILES string of the molecule is CC(CCOc1ccc(Cl)cc1)Oc1c(Cl)cc(O)cc1Cl. The van der Waals surface area contributed by atoms with Crippen LogP contribution in [0.15, 0.2) is 36.4 Å². The van der Waals surface area contributed by atoms with Crippen LogP contribution in [0, 0.1) is 0 Å². The molecule has 0 saturated carbocycles. The Kier molecular flexibility index (Phi) is 6.07. The highest BCUT2D eigenvalue weighted by Crippen LogP contribution is 2.37. The summed E-state index contributed by atoms with van der Waals surface area (Å²) in [5.41, 5.74) is 0. The van der Waals surface area contributed by atoms with Gasteiger partial charge in [0.2, 0.25) is 0 Å². The second-order valence-electron chi connectivity index (χ2n) is 4.76. The highest BCUT2D eigenvalue weighted by atomic mass is 35.5. The van der Waals surface area contributed by atoms with Crippen LogP contribution in [0.3, 0.4) is 0 Å². The molecule has 22 heavy (non-hydrogen) atoms. The van der Waals surface area contributed by atoms with E-state index in [-0.39, 0.29) is 21.9 Å². The molecule has 1 N–H and O–H groups in total. The van der Waals surface area contributed by atoms with Crippen molar-refractivity contribution in [3.63, 3.8) is 0 Å². The predicted molar refractivity (Wildman–Crippen MR) is 89.8 cm³/mol. The van der Waals surface area contributed by atoms with Crippen molar-refractivity contribution in [3.8, 4) is 17.2 Å². The predicted octanol–water partition coefficient (Wildman–Crippen LogP) is 5.59. The third kappa shape index (κ3) is 4.87. The lowest BCUT2D eigenvalue weighted by Gasteiger charge is -2.17. The molecule has 2 rings (SSSR count). The Morgan fingerprint density at radius 2 is 1.64 bits per heavy atom. The van der Waals surface area contributed by atoms with Gasteiger partial charge < -0.3 is 14.6 Å². The van der Waals surface area contributed by atoms with Gasteiger partial charge in [-0.25, -0.2) is 0 Å². The average Bonchev–Trinajstić information content (AvgIpc) is 2.45. The zero-order valence-electron chi connectivity index (χ0n) is 11.9. The molecule has 0 fully saturated rings. The van der Waals surface area contributed by atoms with E-state index in [0.717, 1.165) is 5.75 Å². The van der Waals surface area contributed by atoms with Gasteiger partial charge in [0.15, 0.2) is 5.75 Å². The van der Waals surface area contributed by atoms with Gasteiger partial charge in [0, 0.05) is 23.6 Å². The molecule has 1 unspecified atom stereocenters. The standard InChI is InChI=1S/C16H15Cl3O3/c1-10(6-7-21-13-4-2-11(17)3-5-13)22-16-14(18)8-12(20)9-15(16)19/h2-5,8-10,20H,6-7H2,1H3. The first-order valence-corrected chi connectivity index (χ1v) is 7.82. The molecule has 0 radical (unpaired) electrons. The molecule has 0 aliphatic heterocycles. The summed E-state index contributed by atoms with van der Waals surface area (Å²) in [5, 5.41) is 10.6. The zero-order valence-corrected chi connectivity index (χ0v) is 14.1. The molecule has 0 aliphatic carbocycles. The van der Waals surface area contributed by atoms with Crippen molar-refractivity contribution in [2.75, 3.05) is 6.61 Å². The number of hydrogen-bond acceptors (Lipinski definition) is 3. The molecule has 0 amide bonds. The van der Waals surface area contributed by atoms with E-state index < -0.39 is 0 Å². The van der Waals surface area contributed by atoms with Crippen molar-refractivity contribution in [1.82, 2.24) is 0 Å². The lowest BCUT2D eigenvalue weighted by molar-refractivity contribution is 0.177. The van der Waals surface area contributed by atoms with E-state index >= 15 is 0 Å². The molecule has 0 aliphatic rings. The molecule has 0 heterocycles. The van der Waals surface area contributed by atoms with Crippen LogP contribution in [-0.4, -0.2) is 17.8 Å². The van der Waals surface area contributed by atoms with Gasteiger partial charge in [0.1, 0.15) is 11.5 Å². The maximum absolute atomic E-state index is 9.39. The summed E-state index contributed by atoms with van der Waals surface area (Å²) in [6.07, 6.45) is 0.503. The maximum atomic E-state index is 9.39. The Hall–Kier alpha value is -1.29. The van der Waals surface area contributed by atoms with Crippen LogP contribution < -0.4 is 9.47 Å². The summed E-state index contributed by atoms with van der Waals surface area (Å²) in [7, 11) is 0. The number of ether oxygens (including phenoxy) is 2. The van der Waals surface area contributed by atoms with Gasteiger partial charge in [-0.15, -0.1) is 0 Å². The first kappa shape index (κ1) is 17.1. The van der Waals surface area contributed by atoms with Gasteiger partial charge in [-0.1, -0.05) is 34.8 Å². The number of hydrogen-bond donors (Lipinski definition) is 1. The van der Waals surface area contributed by atoms with Crippen molar-refractivity contribution < 1.29 is 14.6 Å². The van der Waals surface area contributed by atoms with Crippen molar-refractivity contribution >= 4 is 34.8 Å². The Morgan fingerprint density at radius 3 is 2.23 bits per heavy atom. The Morgan fingerprint density at radius 1 is 1.05 bits per heavy atom. The lowest BCUT2D eigenvalue weighted by atomic mass is 10.2. The molecule has 6 heteroatoms. The molecular weight excluding hydrogens is 347 g/mol. The van der Waals surface area contributed by atoms with Gasteiger partial charge >= 0.3 is 0 Å². The first-order valence-electron chi connectivity index (χ1n) is 6.68. The minimum atomic E-state index is -0.146. The van der Waals surface area contributed by atoms with Crippen LogP contribution >= 0.6 is 34.8 Å². The van der Waals surface area contributed by atoms with Gasteiger partial charge in [0.05, 0.1) is 22.8 Å². The van der Waals surface area contributed by atoms with Gasteiger partial charge in [0.25, 0.3) is 0 Å². The average molecular weight is 362 g/mol. The summed E-state index contributed by atoms with van der Waals surface area (Å²) >= 11 is 17.8. The van der Waals surface area contributed by atoms with Gasteiger partial charge in [-0.3, -0.25) is 0 Å². The third-order valence-electron chi connectivity index (χ3n) is 2.91. The molecule has 0 spiro atoms. The molecule has 0 aromatic heterocycles. The second-order valence-corrected chi connectivity index (χ2v) is 6.01. The molecule has 1 atom stereocenters. The van der Waals surface area contributed by atoms with Crippen molar-refractivity contribution in [1.29, 1.82) is 0 Å². The number of halogens is 3. The Balaban J connectivity index is 1.85. The topological polar surface area (TPSA) is 38.7 Å². The first-order chi connectivity index (χ1) is 10.5. The molecule has 3 nitrogen and oxygen atoms in total. The summed E-state index contributed by atoms with van der Waals surface area (Å²) in [4.78, 5) is 0. The molecular formula is C16H15Cl3O3. The summed E-state index contributed by atoms with van der Waals surface area (Å²) in [6.45, 7) is 2.38. The lowest BCUT2D eigenvalue weighted by Crippen LogP contribution is -2.16. The quantitative estimate of drug-likeness (QED) is 0.729. The summed E-state index contributed by atoms with van der Waals surface area (Å²) in [5.74, 6) is 1.11. The van der Waals surface area contributed by atoms with Crippen LogP contribution in [-0.2, 0) is 0 Å². The molecule has 0 bridgehead atoms. The van der Waals surface area contributed by atoms with E-state index in [2.05, 4.69) is 0 Å². The van der Waals surface area contributed by atoms with Crippen LogP contribution in [0.1, 0.15) is 13.3 Å². The Bertz CT molecular complexity index is 606. The van der Waals surface area contributed by atoms with Gasteiger partial charge in [-0.2, -0.15) is 0 Å². The molecule has 2 aromatic carbocycles. The second kappa shape index (κ2) is 7.82. The van der Waals surface area contributed by atoms with E-state index in [1.807, 2.05) is 19.1 Å². The monoisotopic (exact) mass is 360 g/mol. The Labute approximate surface area is 144 Å². The molecule has 2 aromatic rings. The number of benzene rings is 2. The molecule has 118 valence electrons. The summed E-state index contributed by atoms with van der Waals surface area (Å²) < 4.78 is 11.3. The van der Waals surface area contributed by atoms with E-state index in [4.69, 9.17) is 44.3 Å². The van der Waals surface area contributed by atoms with Crippen molar-refractivity contribution in [2.24, 2.45) is 0 Å². The van der Waals surface area contributed by atoms with Crippen molar-refractivity contribution in [3.05, 3.63) is 51.5 Å². The van der Waals surface area contributed by atoms with Gasteiger partial charge in [-0.05, 0) is 31.2 Å². The van der Waals surface area contributed by atoms with Crippen LogP contribution in [0.2, 0.25) is 15.1 Å². The van der Waals surface area contributed by atoms with Crippen LogP contribution in [0.25, 0.3) is 0 Å². The zero-order chi connectivity index (χ0) is 16.1. The van der Waals surface area contributed by atoms with E-state index in [0.29, 0.717) is 23.8 Å². The summed E-state index contributed by atoms with van der Waals surface area (Å²) in [6, 6.07) is 9.93. The van der Waals surface area contributed by atoms with E-state index in [9.17, 15) is 5.11 Å². The van der Waals surface area contributed by atoms with Crippen LogP contribution in [0.5, 0.6) is 17.2 Å². The van der Waals surface area contributed by atoms with Crippen molar-refractivity contribution in [2.45, 2.75) is 19.4 Å². The third-order valence-corrected chi connectivity index (χ3v) is 3.72. The van der Waals surface area contributed by atoms with E-state index in [1.54, 1.807) is 12.1 Å². The number of rotatable bonds is 6. The number of phenols is 1. The highest BCUT2D eigenvalue weighted by molar-refractivity contribution is 6.37. The minimum absolute atomic E-state index is 0.000995. The fraction of sp³-hybridized carbons (Fsp3) is 0.250. The largest absolute Gasteiger partial charge is 0.508 e. The highest BCUT2D eigenvalue weighted by Gasteiger charge is 2.13. The fourth-order valence-corrected chi connectivity index (χ4v) is 2.48.